The highest BCUT2D eigenvalue weighted by Gasteiger charge is 2.35. The van der Waals surface area contributed by atoms with Crippen LogP contribution in [0.3, 0.4) is 0 Å². The predicted octanol–water partition coefficient (Wildman–Crippen LogP) is 7.33. The van der Waals surface area contributed by atoms with E-state index in [9.17, 15) is 4.79 Å². The lowest BCUT2D eigenvalue weighted by atomic mass is 9.63. The van der Waals surface area contributed by atoms with Crippen molar-refractivity contribution in [2.45, 2.75) is 117 Å². The molecule has 2 fully saturated rings. The van der Waals surface area contributed by atoms with E-state index < -0.39 is 0 Å². The Morgan fingerprint density at radius 3 is 1.75 bits per heavy atom. The van der Waals surface area contributed by atoms with Gasteiger partial charge in [0, 0.05) is 6.42 Å². The van der Waals surface area contributed by atoms with Crippen LogP contribution in [0.5, 0.6) is 0 Å². The Hall–Kier alpha value is -0.330. The lowest BCUT2D eigenvalue weighted by molar-refractivity contribution is -0.117. The largest absolute Gasteiger partial charge is 0.300 e. The van der Waals surface area contributed by atoms with Gasteiger partial charge in [-0.05, 0) is 69.1 Å². The van der Waals surface area contributed by atoms with Gasteiger partial charge in [0.05, 0.1) is 0 Å². The Morgan fingerprint density at radius 1 is 0.708 bits per heavy atom. The molecule has 0 atom stereocenters. The molecule has 0 N–H and O–H groups in total. The van der Waals surface area contributed by atoms with Gasteiger partial charge in [0.2, 0.25) is 0 Å². The molecule has 2 aliphatic rings. The molecule has 0 aromatic rings. The van der Waals surface area contributed by atoms with Crippen LogP contribution in [-0.2, 0) is 4.79 Å². The van der Waals surface area contributed by atoms with E-state index in [0.717, 1.165) is 36.5 Å². The standard InChI is InChI=1S/C23H42O/c1-3-4-8-12-20-14-22(15-20)18-23-16-21(17-23)13-10-7-5-6-9-11-19(2)24/h20-23H,3-18H2,1-2H3. The third-order valence-corrected chi connectivity index (χ3v) is 6.69. The lowest BCUT2D eigenvalue weighted by Gasteiger charge is -2.43. The van der Waals surface area contributed by atoms with E-state index in [2.05, 4.69) is 6.92 Å². The summed E-state index contributed by atoms with van der Waals surface area (Å²) in [6.45, 7) is 4.02. The Morgan fingerprint density at radius 2 is 1.21 bits per heavy atom. The normalized spacial score (nSPS) is 29.1. The smallest absolute Gasteiger partial charge is 0.129 e. The molecule has 0 aromatic heterocycles. The number of Topliss-reactive ketones (excluding diaryl/α,β-unsaturated/α-hetero) is 1. The minimum absolute atomic E-state index is 0.356. The Kier molecular flexibility index (Phi) is 9.43. The average molecular weight is 335 g/mol. The van der Waals surface area contributed by atoms with Gasteiger partial charge in [-0.15, -0.1) is 0 Å². The fraction of sp³-hybridized carbons (Fsp3) is 0.957. The minimum Gasteiger partial charge on any atom is -0.300 e. The quantitative estimate of drug-likeness (QED) is 0.304. The van der Waals surface area contributed by atoms with Crippen LogP contribution >= 0.6 is 0 Å². The molecule has 0 aliphatic heterocycles. The number of rotatable bonds is 14. The summed E-state index contributed by atoms with van der Waals surface area (Å²) in [4.78, 5) is 10.9. The van der Waals surface area contributed by atoms with Crippen molar-refractivity contribution >= 4 is 5.78 Å². The average Bonchev–Trinajstić information content (AvgIpc) is 2.47. The molecule has 2 aliphatic carbocycles. The van der Waals surface area contributed by atoms with Gasteiger partial charge in [0.1, 0.15) is 5.78 Å². The summed E-state index contributed by atoms with van der Waals surface area (Å²) in [6.07, 6.45) is 22.4. The van der Waals surface area contributed by atoms with E-state index >= 15 is 0 Å². The Balaban J connectivity index is 1.34. The summed E-state index contributed by atoms with van der Waals surface area (Å²) in [6, 6.07) is 0. The predicted molar refractivity (Wildman–Crippen MR) is 104 cm³/mol. The number of carbonyl (C=O) groups is 1. The molecular weight excluding hydrogens is 292 g/mol. The van der Waals surface area contributed by atoms with Crippen molar-refractivity contribution in [2.75, 3.05) is 0 Å². The van der Waals surface area contributed by atoms with Crippen LogP contribution in [0.4, 0.5) is 0 Å². The maximum Gasteiger partial charge on any atom is 0.129 e. The molecule has 2 saturated carbocycles. The van der Waals surface area contributed by atoms with Crippen LogP contribution in [0.25, 0.3) is 0 Å². The molecule has 140 valence electrons. The first kappa shape index (κ1) is 20.0. The fourth-order valence-corrected chi connectivity index (χ4v) is 5.10. The first-order valence-corrected chi connectivity index (χ1v) is 11.2. The van der Waals surface area contributed by atoms with Crippen LogP contribution < -0.4 is 0 Å². The topological polar surface area (TPSA) is 17.1 Å². The molecular formula is C23H42O. The van der Waals surface area contributed by atoms with Crippen LogP contribution in [0.15, 0.2) is 0 Å². The zero-order valence-corrected chi connectivity index (χ0v) is 16.5. The number of unbranched alkanes of at least 4 members (excludes halogenated alkanes) is 6. The summed E-state index contributed by atoms with van der Waals surface area (Å²) in [5.74, 6) is 4.71. The van der Waals surface area contributed by atoms with Crippen molar-refractivity contribution in [3.05, 3.63) is 0 Å². The van der Waals surface area contributed by atoms with Crippen LogP contribution in [0, 0.1) is 23.7 Å². The third kappa shape index (κ3) is 7.70. The van der Waals surface area contributed by atoms with Crippen molar-refractivity contribution in [1.82, 2.24) is 0 Å². The van der Waals surface area contributed by atoms with Gasteiger partial charge in [0.15, 0.2) is 0 Å². The maximum absolute atomic E-state index is 10.9. The second-order valence-electron chi connectivity index (χ2n) is 9.15. The van der Waals surface area contributed by atoms with E-state index in [1.165, 1.54) is 57.8 Å². The van der Waals surface area contributed by atoms with Crippen molar-refractivity contribution < 1.29 is 4.79 Å². The van der Waals surface area contributed by atoms with E-state index in [1.807, 2.05) is 0 Å². The van der Waals surface area contributed by atoms with Crippen LogP contribution in [0.2, 0.25) is 0 Å². The summed E-state index contributed by atoms with van der Waals surface area (Å²) < 4.78 is 0. The molecule has 24 heavy (non-hydrogen) atoms. The zero-order valence-electron chi connectivity index (χ0n) is 16.5. The third-order valence-electron chi connectivity index (χ3n) is 6.69. The highest BCUT2D eigenvalue weighted by Crippen LogP contribution is 2.47. The van der Waals surface area contributed by atoms with Gasteiger partial charge in [-0.3, -0.25) is 0 Å². The van der Waals surface area contributed by atoms with Gasteiger partial charge in [0.25, 0.3) is 0 Å². The van der Waals surface area contributed by atoms with E-state index in [0.29, 0.717) is 5.78 Å². The molecule has 0 saturated heterocycles. The zero-order chi connectivity index (χ0) is 17.2. The SMILES string of the molecule is CCCCCC1CC(CC2CC(CCCCCCCC(C)=O)C2)C1. The summed E-state index contributed by atoms with van der Waals surface area (Å²) in [7, 11) is 0. The van der Waals surface area contributed by atoms with Crippen molar-refractivity contribution in [2.24, 2.45) is 23.7 Å². The monoisotopic (exact) mass is 334 g/mol. The first-order chi connectivity index (χ1) is 11.7. The van der Waals surface area contributed by atoms with Gasteiger partial charge in [-0.1, -0.05) is 64.7 Å². The molecule has 0 bridgehead atoms. The highest BCUT2D eigenvalue weighted by molar-refractivity contribution is 5.75. The molecule has 0 unspecified atom stereocenters. The molecule has 0 aromatic carbocycles. The van der Waals surface area contributed by atoms with Gasteiger partial charge in [-0.2, -0.15) is 0 Å². The number of hydrogen-bond acceptors (Lipinski definition) is 1. The van der Waals surface area contributed by atoms with E-state index in [1.54, 1.807) is 39.0 Å². The molecule has 0 amide bonds. The molecule has 0 spiro atoms. The fourth-order valence-electron chi connectivity index (χ4n) is 5.10. The summed E-state index contributed by atoms with van der Waals surface area (Å²) in [5.41, 5.74) is 0. The maximum atomic E-state index is 10.9. The second-order valence-corrected chi connectivity index (χ2v) is 9.15. The minimum atomic E-state index is 0.356. The van der Waals surface area contributed by atoms with Crippen molar-refractivity contribution in [3.8, 4) is 0 Å². The van der Waals surface area contributed by atoms with E-state index in [-0.39, 0.29) is 0 Å². The molecule has 2 rings (SSSR count). The summed E-state index contributed by atoms with van der Waals surface area (Å²) >= 11 is 0. The Bertz CT molecular complexity index is 336. The number of carbonyl (C=O) groups excluding carboxylic acids is 1. The van der Waals surface area contributed by atoms with Crippen LogP contribution in [-0.4, -0.2) is 5.78 Å². The molecule has 0 radical (unpaired) electrons. The molecule has 1 nitrogen and oxygen atoms in total. The second kappa shape index (κ2) is 11.3. The van der Waals surface area contributed by atoms with Crippen molar-refractivity contribution in [1.29, 1.82) is 0 Å². The number of hydrogen-bond donors (Lipinski definition) is 0. The van der Waals surface area contributed by atoms with Crippen molar-refractivity contribution in [3.63, 3.8) is 0 Å². The Labute approximate surface area is 151 Å². The molecule has 1 heteroatoms. The lowest BCUT2D eigenvalue weighted by Crippen LogP contribution is -2.31. The van der Waals surface area contributed by atoms with Crippen LogP contribution in [0.1, 0.15) is 117 Å². The first-order valence-electron chi connectivity index (χ1n) is 11.2. The van der Waals surface area contributed by atoms with Gasteiger partial charge in [-0.25, -0.2) is 0 Å². The molecule has 0 heterocycles. The number of ketones is 1. The van der Waals surface area contributed by atoms with Gasteiger partial charge < -0.3 is 4.79 Å². The van der Waals surface area contributed by atoms with E-state index in [4.69, 9.17) is 0 Å². The summed E-state index contributed by atoms with van der Waals surface area (Å²) in [5, 5.41) is 0. The van der Waals surface area contributed by atoms with Gasteiger partial charge >= 0.3 is 0 Å². The highest BCUT2D eigenvalue weighted by atomic mass is 16.1.